The first kappa shape index (κ1) is 20.2. The number of amides is 1. The number of aliphatic hydroxyl groups excluding tert-OH is 1. The molecule has 150 valence electrons. The average molecular weight is 393 g/mol. The van der Waals surface area contributed by atoms with Crippen molar-refractivity contribution in [1.82, 2.24) is 4.90 Å². The predicted octanol–water partition coefficient (Wildman–Crippen LogP) is 4.72. The molecule has 28 heavy (non-hydrogen) atoms. The lowest BCUT2D eigenvalue weighted by Gasteiger charge is -2.42. The van der Waals surface area contributed by atoms with Gasteiger partial charge in [-0.1, -0.05) is 30.3 Å². The molecule has 1 amide bonds. The van der Waals surface area contributed by atoms with Crippen LogP contribution < -0.4 is 0 Å². The largest absolute Gasteiger partial charge is 0.445 e. The number of piperidine rings is 1. The lowest BCUT2D eigenvalue weighted by molar-refractivity contribution is -0.00459. The van der Waals surface area contributed by atoms with Crippen molar-refractivity contribution in [3.63, 3.8) is 0 Å². The summed E-state index contributed by atoms with van der Waals surface area (Å²) in [5.74, 6) is -4.18. The summed E-state index contributed by atoms with van der Waals surface area (Å²) >= 11 is 0. The molecule has 1 saturated heterocycles. The summed E-state index contributed by atoms with van der Waals surface area (Å²) in [5, 5.41) is 10.1. The van der Waals surface area contributed by atoms with Gasteiger partial charge in [-0.25, -0.2) is 18.0 Å². The third-order valence-electron chi connectivity index (χ3n) is 5.03. The van der Waals surface area contributed by atoms with Gasteiger partial charge in [-0.3, -0.25) is 4.90 Å². The lowest BCUT2D eigenvalue weighted by Crippen LogP contribution is -2.50. The monoisotopic (exact) mass is 393 g/mol. The van der Waals surface area contributed by atoms with Crippen LogP contribution >= 0.6 is 0 Å². The third kappa shape index (κ3) is 4.30. The van der Waals surface area contributed by atoms with Crippen LogP contribution in [0.5, 0.6) is 0 Å². The van der Waals surface area contributed by atoms with Gasteiger partial charge in [-0.2, -0.15) is 0 Å². The minimum Gasteiger partial charge on any atom is -0.445 e. The molecule has 0 radical (unpaired) electrons. The van der Waals surface area contributed by atoms with E-state index in [1.54, 1.807) is 19.1 Å². The SMILES string of the molecule is C[C@@H](O)[C@H]1CCC[C@@H](c2cc(F)c(F)c(F)c2)N1C(=O)OCc1ccccc1. The Kier molecular flexibility index (Phi) is 6.24. The van der Waals surface area contributed by atoms with Gasteiger partial charge in [0, 0.05) is 0 Å². The first-order chi connectivity index (χ1) is 13.4. The van der Waals surface area contributed by atoms with E-state index in [0.717, 1.165) is 17.7 Å². The van der Waals surface area contributed by atoms with Gasteiger partial charge in [0.1, 0.15) is 6.61 Å². The molecule has 3 atom stereocenters. The van der Waals surface area contributed by atoms with Crippen molar-refractivity contribution >= 4 is 6.09 Å². The van der Waals surface area contributed by atoms with Gasteiger partial charge in [0.15, 0.2) is 17.5 Å². The molecule has 0 saturated carbocycles. The number of hydrogen-bond donors (Lipinski definition) is 1. The Hall–Kier alpha value is -2.54. The molecule has 1 heterocycles. The standard InChI is InChI=1S/C21H22F3NO3/c1-13(26)18-8-5-9-19(15-10-16(22)20(24)17(23)11-15)25(18)21(27)28-12-14-6-3-2-4-7-14/h2-4,6-7,10-11,13,18-19,26H,5,8-9,12H2,1H3/t13-,18-,19+/m1/s1. The Bertz CT molecular complexity index is 806. The van der Waals surface area contributed by atoms with Crippen molar-refractivity contribution in [3.8, 4) is 0 Å². The Morgan fingerprint density at radius 1 is 1.18 bits per heavy atom. The van der Waals surface area contributed by atoms with Crippen molar-refractivity contribution in [1.29, 1.82) is 0 Å². The summed E-state index contributed by atoms with van der Waals surface area (Å²) in [7, 11) is 0. The second-order valence-electron chi connectivity index (χ2n) is 7.00. The van der Waals surface area contributed by atoms with E-state index < -0.39 is 41.7 Å². The van der Waals surface area contributed by atoms with Crippen molar-refractivity contribution < 1.29 is 27.8 Å². The van der Waals surface area contributed by atoms with Gasteiger partial charge in [-0.05, 0) is 49.4 Å². The van der Waals surface area contributed by atoms with Crippen LogP contribution in [0.3, 0.4) is 0 Å². The number of likely N-dealkylation sites (tertiary alicyclic amines) is 1. The molecule has 0 aliphatic carbocycles. The highest BCUT2D eigenvalue weighted by atomic mass is 19.2. The highest BCUT2D eigenvalue weighted by Crippen LogP contribution is 2.37. The van der Waals surface area contributed by atoms with Crippen LogP contribution in [0.4, 0.5) is 18.0 Å². The second kappa shape index (κ2) is 8.65. The molecular weight excluding hydrogens is 371 g/mol. The third-order valence-corrected chi connectivity index (χ3v) is 5.03. The molecule has 1 N–H and O–H groups in total. The smallest absolute Gasteiger partial charge is 0.410 e. The molecule has 2 aromatic carbocycles. The summed E-state index contributed by atoms with van der Waals surface area (Å²) in [6, 6.07) is 9.57. The number of nitrogens with zero attached hydrogens (tertiary/aromatic N) is 1. The molecule has 0 bridgehead atoms. The number of rotatable bonds is 4. The van der Waals surface area contributed by atoms with Gasteiger partial charge in [0.05, 0.1) is 18.2 Å². The maximum absolute atomic E-state index is 13.7. The predicted molar refractivity (Wildman–Crippen MR) is 96.8 cm³/mol. The molecule has 7 heteroatoms. The molecule has 0 aromatic heterocycles. The zero-order valence-corrected chi connectivity index (χ0v) is 15.4. The van der Waals surface area contributed by atoms with Gasteiger partial charge in [0.25, 0.3) is 0 Å². The lowest BCUT2D eigenvalue weighted by atomic mass is 9.89. The summed E-state index contributed by atoms with van der Waals surface area (Å²) < 4.78 is 46.2. The number of carbonyl (C=O) groups excluding carboxylic acids is 1. The first-order valence-electron chi connectivity index (χ1n) is 9.20. The normalized spacial score (nSPS) is 20.7. The van der Waals surface area contributed by atoms with Crippen molar-refractivity contribution in [2.45, 2.75) is 51.0 Å². The first-order valence-corrected chi connectivity index (χ1v) is 9.20. The summed E-state index contributed by atoms with van der Waals surface area (Å²) in [5.41, 5.74) is 0.926. The fraction of sp³-hybridized carbons (Fsp3) is 0.381. The van der Waals surface area contributed by atoms with Gasteiger partial charge in [-0.15, -0.1) is 0 Å². The average Bonchev–Trinajstić information content (AvgIpc) is 2.70. The Morgan fingerprint density at radius 3 is 2.43 bits per heavy atom. The highest BCUT2D eigenvalue weighted by Gasteiger charge is 2.39. The molecule has 0 spiro atoms. The molecule has 0 unspecified atom stereocenters. The summed E-state index contributed by atoms with van der Waals surface area (Å²) in [4.78, 5) is 14.2. The van der Waals surface area contributed by atoms with Crippen LogP contribution in [0.1, 0.15) is 43.4 Å². The molecular formula is C21H22F3NO3. The Labute approximate surface area is 161 Å². The number of halogens is 3. The summed E-state index contributed by atoms with van der Waals surface area (Å²) in [6.07, 6.45) is 0.0462. The maximum Gasteiger partial charge on any atom is 0.410 e. The minimum atomic E-state index is -1.55. The maximum atomic E-state index is 13.7. The van der Waals surface area contributed by atoms with E-state index in [-0.39, 0.29) is 12.2 Å². The van der Waals surface area contributed by atoms with E-state index in [1.807, 2.05) is 18.2 Å². The van der Waals surface area contributed by atoms with Crippen LogP contribution in [0.2, 0.25) is 0 Å². The quantitative estimate of drug-likeness (QED) is 0.765. The van der Waals surface area contributed by atoms with Gasteiger partial charge < -0.3 is 9.84 Å². The molecule has 2 aromatic rings. The number of ether oxygens (including phenoxy) is 1. The zero-order chi connectivity index (χ0) is 20.3. The van der Waals surface area contributed by atoms with E-state index in [9.17, 15) is 23.1 Å². The van der Waals surface area contributed by atoms with Crippen LogP contribution in [0.15, 0.2) is 42.5 Å². The number of aliphatic hydroxyl groups is 1. The topological polar surface area (TPSA) is 49.8 Å². The van der Waals surface area contributed by atoms with Crippen LogP contribution in [-0.4, -0.2) is 28.2 Å². The fourth-order valence-electron chi connectivity index (χ4n) is 3.65. The Morgan fingerprint density at radius 2 is 1.82 bits per heavy atom. The van der Waals surface area contributed by atoms with E-state index in [4.69, 9.17) is 4.74 Å². The molecule has 1 fully saturated rings. The Balaban J connectivity index is 1.88. The number of hydrogen-bond acceptors (Lipinski definition) is 3. The van der Waals surface area contributed by atoms with Crippen LogP contribution in [0, 0.1) is 17.5 Å². The number of carbonyl (C=O) groups is 1. The zero-order valence-electron chi connectivity index (χ0n) is 15.4. The number of benzene rings is 2. The summed E-state index contributed by atoms with van der Waals surface area (Å²) in [6.45, 7) is 1.58. The van der Waals surface area contributed by atoms with Crippen LogP contribution in [-0.2, 0) is 11.3 Å². The van der Waals surface area contributed by atoms with Crippen molar-refractivity contribution in [2.75, 3.05) is 0 Å². The van der Waals surface area contributed by atoms with E-state index in [1.165, 1.54) is 4.90 Å². The van der Waals surface area contributed by atoms with E-state index in [2.05, 4.69) is 0 Å². The minimum absolute atomic E-state index is 0.0293. The van der Waals surface area contributed by atoms with E-state index >= 15 is 0 Å². The van der Waals surface area contributed by atoms with Crippen molar-refractivity contribution in [2.24, 2.45) is 0 Å². The molecule has 4 nitrogen and oxygen atoms in total. The van der Waals surface area contributed by atoms with Crippen molar-refractivity contribution in [3.05, 3.63) is 71.0 Å². The molecule has 1 aliphatic heterocycles. The molecule has 1 aliphatic rings. The second-order valence-corrected chi connectivity index (χ2v) is 7.00. The van der Waals surface area contributed by atoms with Gasteiger partial charge in [0.2, 0.25) is 0 Å². The van der Waals surface area contributed by atoms with Gasteiger partial charge >= 0.3 is 6.09 Å². The fourth-order valence-corrected chi connectivity index (χ4v) is 3.65. The van der Waals surface area contributed by atoms with Crippen LogP contribution in [0.25, 0.3) is 0 Å². The molecule has 3 rings (SSSR count). The van der Waals surface area contributed by atoms with E-state index in [0.29, 0.717) is 19.3 Å². The highest BCUT2D eigenvalue weighted by molar-refractivity contribution is 5.69.